The molecule has 0 radical (unpaired) electrons. The van der Waals surface area contributed by atoms with E-state index in [4.69, 9.17) is 5.11 Å². The summed E-state index contributed by atoms with van der Waals surface area (Å²) in [6.45, 7) is 2.52. The lowest BCUT2D eigenvalue weighted by molar-refractivity contribution is -0.177. The van der Waals surface area contributed by atoms with Crippen LogP contribution in [0.4, 0.5) is 0 Å². The summed E-state index contributed by atoms with van der Waals surface area (Å²) in [5, 5.41) is 8.45. The van der Waals surface area contributed by atoms with Gasteiger partial charge in [-0.2, -0.15) is 0 Å². The minimum atomic E-state index is -0.885. The number of carbonyl (C=O) groups is 1. The molecular formula is C5H10O4. The summed E-state index contributed by atoms with van der Waals surface area (Å²) in [6, 6.07) is 0. The summed E-state index contributed by atoms with van der Waals surface area (Å²) < 4.78 is 8.80. The molecule has 0 spiro atoms. The van der Waals surface area contributed by atoms with Gasteiger partial charge < -0.3 is 14.6 Å². The lowest BCUT2D eigenvalue weighted by Crippen LogP contribution is -2.11. The summed E-state index contributed by atoms with van der Waals surface area (Å²) >= 11 is 0. The molecule has 0 saturated heterocycles. The normalized spacial score (nSPS) is 12.8. The van der Waals surface area contributed by atoms with Gasteiger partial charge in [-0.05, 0) is 6.92 Å². The number of hydrogen-bond acceptors (Lipinski definition) is 4. The van der Waals surface area contributed by atoms with Crippen LogP contribution in [0.1, 0.15) is 13.8 Å². The van der Waals surface area contributed by atoms with Crippen molar-refractivity contribution < 1.29 is 19.4 Å². The van der Waals surface area contributed by atoms with Crippen LogP contribution in [0, 0.1) is 0 Å². The van der Waals surface area contributed by atoms with Gasteiger partial charge in [-0.1, -0.05) is 0 Å². The van der Waals surface area contributed by atoms with Crippen LogP contribution in [-0.2, 0) is 14.3 Å². The van der Waals surface area contributed by atoms with Crippen molar-refractivity contribution >= 4 is 5.97 Å². The van der Waals surface area contributed by atoms with Crippen LogP contribution >= 0.6 is 0 Å². The van der Waals surface area contributed by atoms with Gasteiger partial charge in [-0.15, -0.1) is 0 Å². The van der Waals surface area contributed by atoms with Gasteiger partial charge in [0.15, 0.2) is 13.1 Å². The molecule has 54 valence electrons. The largest absolute Gasteiger partial charge is 0.439 e. The Bertz CT molecular complexity index is 89.0. The fraction of sp³-hybridized carbons (Fsp3) is 0.800. The van der Waals surface area contributed by atoms with Gasteiger partial charge >= 0.3 is 5.97 Å². The van der Waals surface area contributed by atoms with Crippen LogP contribution in [0.25, 0.3) is 0 Å². The first kappa shape index (κ1) is 8.39. The highest BCUT2D eigenvalue weighted by Gasteiger charge is 1.94. The van der Waals surface area contributed by atoms with Crippen molar-refractivity contribution in [2.45, 2.75) is 20.1 Å². The molecule has 0 aromatic heterocycles. The first-order valence-corrected chi connectivity index (χ1v) is 2.56. The molecular weight excluding hydrogens is 124 g/mol. The number of aliphatic hydroxyl groups excluding tert-OH is 1. The number of aliphatic hydroxyl groups is 1. The van der Waals surface area contributed by atoms with E-state index in [0.717, 1.165) is 0 Å². The zero-order valence-electron chi connectivity index (χ0n) is 5.46. The molecule has 1 atom stereocenters. The van der Waals surface area contributed by atoms with Gasteiger partial charge in [-0.25, -0.2) is 0 Å². The second-order valence-electron chi connectivity index (χ2n) is 1.52. The predicted molar refractivity (Wildman–Crippen MR) is 29.4 cm³/mol. The fourth-order valence-electron chi connectivity index (χ4n) is 0.215. The van der Waals surface area contributed by atoms with Gasteiger partial charge in [0.25, 0.3) is 0 Å². The molecule has 0 heterocycles. The zero-order valence-corrected chi connectivity index (χ0v) is 5.46. The third-order valence-corrected chi connectivity index (χ3v) is 0.571. The minimum Gasteiger partial charge on any atom is -0.439 e. The van der Waals surface area contributed by atoms with E-state index in [2.05, 4.69) is 9.47 Å². The molecule has 0 aliphatic heterocycles. The van der Waals surface area contributed by atoms with Crippen molar-refractivity contribution in [3.05, 3.63) is 0 Å². The Balaban J connectivity index is 3.01. The van der Waals surface area contributed by atoms with E-state index >= 15 is 0 Å². The Morgan fingerprint density at radius 1 is 1.78 bits per heavy atom. The maximum atomic E-state index is 10.0. The molecule has 0 amide bonds. The van der Waals surface area contributed by atoms with E-state index in [0.29, 0.717) is 0 Å². The van der Waals surface area contributed by atoms with Crippen molar-refractivity contribution in [3.63, 3.8) is 0 Å². The number of esters is 1. The Kier molecular flexibility index (Phi) is 4.00. The van der Waals surface area contributed by atoms with Crippen LogP contribution in [0.3, 0.4) is 0 Å². The van der Waals surface area contributed by atoms with Crippen LogP contribution in [0.5, 0.6) is 0 Å². The third kappa shape index (κ3) is 7.39. The average molecular weight is 134 g/mol. The summed E-state index contributed by atoms with van der Waals surface area (Å²) in [7, 11) is 0. The molecule has 1 N–H and O–H groups in total. The predicted octanol–water partition coefficient (Wildman–Crippen LogP) is -0.138. The van der Waals surface area contributed by atoms with Crippen molar-refractivity contribution in [1.82, 2.24) is 0 Å². The molecule has 0 aromatic carbocycles. The molecule has 0 aliphatic carbocycles. The summed E-state index contributed by atoms with van der Waals surface area (Å²) in [5.74, 6) is -0.421. The first-order chi connectivity index (χ1) is 4.13. The lowest BCUT2D eigenvalue weighted by atomic mass is 10.8. The smallest absolute Gasteiger partial charge is 0.304 e. The Morgan fingerprint density at radius 3 is 2.67 bits per heavy atom. The molecule has 0 aromatic rings. The number of rotatable bonds is 3. The molecule has 0 bridgehead atoms. The second-order valence-corrected chi connectivity index (χ2v) is 1.52. The van der Waals surface area contributed by atoms with Crippen molar-refractivity contribution in [1.29, 1.82) is 0 Å². The number of hydrogen-bond donors (Lipinski definition) is 1. The number of ether oxygens (including phenoxy) is 2. The van der Waals surface area contributed by atoms with Crippen LogP contribution in [0.2, 0.25) is 0 Å². The maximum absolute atomic E-state index is 10.0. The zero-order chi connectivity index (χ0) is 7.28. The topological polar surface area (TPSA) is 55.8 Å². The average Bonchev–Trinajstić information content (AvgIpc) is 1.63. The Morgan fingerprint density at radius 2 is 2.33 bits per heavy atom. The quantitative estimate of drug-likeness (QED) is 0.431. The van der Waals surface area contributed by atoms with Crippen molar-refractivity contribution in [3.8, 4) is 0 Å². The van der Waals surface area contributed by atoms with Crippen LogP contribution in [-0.4, -0.2) is 24.2 Å². The molecule has 0 saturated carbocycles. The Labute approximate surface area is 53.4 Å². The Hall–Kier alpha value is -0.610. The van der Waals surface area contributed by atoms with E-state index in [1.807, 2.05) is 0 Å². The number of carbonyl (C=O) groups excluding carboxylic acids is 1. The van der Waals surface area contributed by atoms with E-state index in [-0.39, 0.29) is 6.79 Å². The van der Waals surface area contributed by atoms with Gasteiger partial charge in [0.1, 0.15) is 0 Å². The van der Waals surface area contributed by atoms with Crippen LogP contribution < -0.4 is 0 Å². The molecule has 0 rings (SSSR count). The van der Waals surface area contributed by atoms with Gasteiger partial charge in [-0.3, -0.25) is 4.79 Å². The molecule has 9 heavy (non-hydrogen) atoms. The lowest BCUT2D eigenvalue weighted by Gasteiger charge is -2.04. The second kappa shape index (κ2) is 4.29. The molecule has 1 unspecified atom stereocenters. The summed E-state index contributed by atoms with van der Waals surface area (Å²) in [5.41, 5.74) is 0. The van der Waals surface area contributed by atoms with Crippen molar-refractivity contribution in [2.75, 3.05) is 6.79 Å². The minimum absolute atomic E-state index is 0.188. The molecule has 0 fully saturated rings. The molecule has 4 nitrogen and oxygen atoms in total. The van der Waals surface area contributed by atoms with Gasteiger partial charge in [0.2, 0.25) is 0 Å². The summed E-state index contributed by atoms with van der Waals surface area (Å²) in [4.78, 5) is 10.0. The van der Waals surface area contributed by atoms with Gasteiger partial charge in [0.05, 0.1) is 0 Å². The van der Waals surface area contributed by atoms with Crippen LogP contribution in [0.15, 0.2) is 0 Å². The van der Waals surface area contributed by atoms with E-state index in [1.54, 1.807) is 0 Å². The van der Waals surface area contributed by atoms with Crippen molar-refractivity contribution in [2.24, 2.45) is 0 Å². The van der Waals surface area contributed by atoms with Gasteiger partial charge in [0, 0.05) is 6.92 Å². The molecule has 0 aliphatic rings. The van der Waals surface area contributed by atoms with E-state index in [1.165, 1.54) is 13.8 Å². The molecule has 4 heteroatoms. The standard InChI is InChI=1S/C5H10O4/c1-4(6)8-3-9-5(2)7/h4,6H,3H2,1-2H3. The third-order valence-electron chi connectivity index (χ3n) is 0.571. The summed E-state index contributed by atoms with van der Waals surface area (Å²) in [6.07, 6.45) is -0.885. The van der Waals surface area contributed by atoms with E-state index in [9.17, 15) is 4.79 Å². The first-order valence-electron chi connectivity index (χ1n) is 2.56. The monoisotopic (exact) mass is 134 g/mol. The highest BCUT2D eigenvalue weighted by Crippen LogP contribution is 1.84. The van der Waals surface area contributed by atoms with E-state index < -0.39 is 12.3 Å². The SMILES string of the molecule is CC(=O)OCOC(C)O. The highest BCUT2D eigenvalue weighted by molar-refractivity contribution is 5.65. The maximum Gasteiger partial charge on any atom is 0.304 e. The highest BCUT2D eigenvalue weighted by atomic mass is 16.7. The fourth-order valence-corrected chi connectivity index (χ4v) is 0.215.